The fourth-order valence-electron chi connectivity index (χ4n) is 4.62. The van der Waals surface area contributed by atoms with E-state index in [2.05, 4.69) is 6.92 Å². The molecule has 3 aliphatic rings. The van der Waals surface area contributed by atoms with Gasteiger partial charge in [0, 0.05) is 6.04 Å². The third-order valence-corrected chi connectivity index (χ3v) is 5.41. The molecule has 0 amide bonds. The van der Waals surface area contributed by atoms with E-state index in [1.807, 2.05) is 0 Å². The number of hydrogen-bond acceptors (Lipinski definition) is 2. The predicted molar refractivity (Wildman–Crippen MR) is 55.6 cm³/mol. The summed E-state index contributed by atoms with van der Waals surface area (Å²) < 4.78 is 0. The smallest absolute Gasteiger partial charge is 0.0572 e. The summed E-state index contributed by atoms with van der Waals surface area (Å²) in [6.45, 7) is 2.18. The largest absolute Gasteiger partial charge is 0.393 e. The highest BCUT2D eigenvalue weighted by molar-refractivity contribution is 5.12. The zero-order valence-corrected chi connectivity index (χ0v) is 8.95. The maximum atomic E-state index is 9.91. The van der Waals surface area contributed by atoms with E-state index in [1.165, 1.54) is 25.7 Å². The van der Waals surface area contributed by atoms with Gasteiger partial charge >= 0.3 is 0 Å². The molecule has 0 aromatic heterocycles. The Hall–Kier alpha value is -0.0800. The van der Waals surface area contributed by atoms with Gasteiger partial charge in [0.25, 0.3) is 0 Å². The molecule has 1 spiro atoms. The Bertz CT molecular complexity index is 239. The second-order valence-electron chi connectivity index (χ2n) is 5.98. The first-order chi connectivity index (χ1) is 6.63. The molecule has 0 saturated heterocycles. The van der Waals surface area contributed by atoms with E-state index in [-0.39, 0.29) is 6.10 Å². The molecular weight excluding hydrogens is 174 g/mol. The molecule has 3 aliphatic carbocycles. The molecule has 0 aromatic carbocycles. The average molecular weight is 195 g/mol. The summed E-state index contributed by atoms with van der Waals surface area (Å²) in [7, 11) is 0. The highest BCUT2D eigenvalue weighted by Crippen LogP contribution is 2.62. The SMILES string of the molecule is C[C@@H]1CC2(C[C@H]1O)[C@H]1CC[C@H](C1)[C@H]2N. The van der Waals surface area contributed by atoms with Crippen molar-refractivity contribution in [3.05, 3.63) is 0 Å². The fourth-order valence-corrected chi connectivity index (χ4v) is 4.62. The normalized spacial score (nSPS) is 61.5. The molecule has 6 atom stereocenters. The van der Waals surface area contributed by atoms with E-state index in [0.717, 1.165) is 18.3 Å². The third kappa shape index (κ3) is 0.938. The van der Waals surface area contributed by atoms with Crippen LogP contribution < -0.4 is 5.73 Å². The van der Waals surface area contributed by atoms with Crippen molar-refractivity contribution in [3.8, 4) is 0 Å². The molecule has 0 radical (unpaired) electrons. The van der Waals surface area contributed by atoms with Crippen molar-refractivity contribution in [3.63, 3.8) is 0 Å². The summed E-state index contributed by atoms with van der Waals surface area (Å²) in [5.74, 6) is 2.08. The molecule has 1 unspecified atom stereocenters. The van der Waals surface area contributed by atoms with Gasteiger partial charge in [-0.05, 0) is 55.3 Å². The van der Waals surface area contributed by atoms with E-state index >= 15 is 0 Å². The Balaban J connectivity index is 1.91. The number of hydrogen-bond donors (Lipinski definition) is 2. The average Bonchev–Trinajstić information content (AvgIpc) is 2.76. The highest BCUT2D eigenvalue weighted by atomic mass is 16.3. The van der Waals surface area contributed by atoms with Gasteiger partial charge in [-0.2, -0.15) is 0 Å². The maximum absolute atomic E-state index is 9.91. The van der Waals surface area contributed by atoms with E-state index in [9.17, 15) is 5.11 Å². The maximum Gasteiger partial charge on any atom is 0.0572 e. The van der Waals surface area contributed by atoms with Crippen molar-refractivity contribution in [1.82, 2.24) is 0 Å². The van der Waals surface area contributed by atoms with Gasteiger partial charge in [0.1, 0.15) is 0 Å². The lowest BCUT2D eigenvalue weighted by atomic mass is 9.68. The number of nitrogens with two attached hydrogens (primary N) is 1. The van der Waals surface area contributed by atoms with E-state index in [1.54, 1.807) is 0 Å². The molecule has 3 fully saturated rings. The number of aliphatic hydroxyl groups excluding tert-OH is 1. The predicted octanol–water partition coefficient (Wildman–Crippen LogP) is 1.52. The molecule has 0 aromatic rings. The van der Waals surface area contributed by atoms with Crippen LogP contribution in [0.1, 0.15) is 39.0 Å². The number of aliphatic hydroxyl groups is 1. The summed E-state index contributed by atoms with van der Waals surface area (Å²) in [6.07, 6.45) is 6.14. The van der Waals surface area contributed by atoms with Crippen molar-refractivity contribution >= 4 is 0 Å². The van der Waals surface area contributed by atoms with Crippen LogP contribution in [0.4, 0.5) is 0 Å². The Kier molecular flexibility index (Phi) is 1.79. The Labute approximate surface area is 85.9 Å². The van der Waals surface area contributed by atoms with Crippen molar-refractivity contribution in [2.45, 2.75) is 51.2 Å². The van der Waals surface area contributed by atoms with Gasteiger partial charge in [-0.3, -0.25) is 0 Å². The molecule has 2 nitrogen and oxygen atoms in total. The van der Waals surface area contributed by atoms with Crippen LogP contribution in [0, 0.1) is 23.2 Å². The first-order valence-electron chi connectivity index (χ1n) is 6.07. The van der Waals surface area contributed by atoms with Crippen LogP contribution >= 0.6 is 0 Å². The summed E-state index contributed by atoms with van der Waals surface area (Å²) in [4.78, 5) is 0. The third-order valence-electron chi connectivity index (χ3n) is 5.41. The van der Waals surface area contributed by atoms with Gasteiger partial charge in [0.2, 0.25) is 0 Å². The van der Waals surface area contributed by atoms with Crippen LogP contribution in [-0.4, -0.2) is 17.3 Å². The molecule has 2 bridgehead atoms. The monoisotopic (exact) mass is 195 g/mol. The standard InChI is InChI=1S/C12H21NO/c1-7-5-12(6-10(7)14)9-3-2-8(4-9)11(12)13/h7-11,14H,2-6,13H2,1H3/t7-,8-,9+,10-,11-,12?/m1/s1. The van der Waals surface area contributed by atoms with Crippen molar-refractivity contribution < 1.29 is 5.11 Å². The second kappa shape index (κ2) is 2.73. The number of fused-ring (bicyclic) bond motifs is 3. The van der Waals surface area contributed by atoms with Crippen molar-refractivity contribution in [1.29, 1.82) is 0 Å². The van der Waals surface area contributed by atoms with Gasteiger partial charge < -0.3 is 10.8 Å². The van der Waals surface area contributed by atoms with E-state index in [0.29, 0.717) is 17.4 Å². The summed E-state index contributed by atoms with van der Waals surface area (Å²) in [5.41, 5.74) is 6.71. The molecule has 0 heterocycles. The topological polar surface area (TPSA) is 46.2 Å². The fraction of sp³-hybridized carbons (Fsp3) is 1.00. The Morgan fingerprint density at radius 1 is 1.29 bits per heavy atom. The minimum Gasteiger partial charge on any atom is -0.393 e. The summed E-state index contributed by atoms with van der Waals surface area (Å²) in [5, 5.41) is 9.91. The summed E-state index contributed by atoms with van der Waals surface area (Å²) in [6, 6.07) is 0.390. The lowest BCUT2D eigenvalue weighted by Crippen LogP contribution is -2.45. The quantitative estimate of drug-likeness (QED) is 0.615. The van der Waals surface area contributed by atoms with Gasteiger partial charge in [0.15, 0.2) is 0 Å². The van der Waals surface area contributed by atoms with Crippen LogP contribution in [0.2, 0.25) is 0 Å². The molecule has 3 saturated carbocycles. The zero-order chi connectivity index (χ0) is 9.92. The van der Waals surface area contributed by atoms with Crippen molar-refractivity contribution in [2.75, 3.05) is 0 Å². The molecular formula is C12H21NO. The van der Waals surface area contributed by atoms with Gasteiger partial charge in [-0.15, -0.1) is 0 Å². The lowest BCUT2D eigenvalue weighted by molar-refractivity contribution is 0.0999. The van der Waals surface area contributed by atoms with Crippen LogP contribution in [0.5, 0.6) is 0 Å². The zero-order valence-electron chi connectivity index (χ0n) is 8.95. The van der Waals surface area contributed by atoms with Gasteiger partial charge in [-0.25, -0.2) is 0 Å². The van der Waals surface area contributed by atoms with E-state index in [4.69, 9.17) is 5.73 Å². The molecule has 3 N–H and O–H groups in total. The van der Waals surface area contributed by atoms with Crippen LogP contribution in [0.3, 0.4) is 0 Å². The van der Waals surface area contributed by atoms with Gasteiger partial charge in [-0.1, -0.05) is 6.92 Å². The second-order valence-corrected chi connectivity index (χ2v) is 5.98. The van der Waals surface area contributed by atoms with Gasteiger partial charge in [0.05, 0.1) is 6.10 Å². The van der Waals surface area contributed by atoms with Crippen LogP contribution in [0.15, 0.2) is 0 Å². The Morgan fingerprint density at radius 3 is 2.57 bits per heavy atom. The first kappa shape index (κ1) is 9.17. The van der Waals surface area contributed by atoms with Crippen molar-refractivity contribution in [2.24, 2.45) is 28.9 Å². The number of rotatable bonds is 0. The molecule has 0 aliphatic heterocycles. The minimum atomic E-state index is -0.0830. The van der Waals surface area contributed by atoms with Crippen LogP contribution in [-0.2, 0) is 0 Å². The highest BCUT2D eigenvalue weighted by Gasteiger charge is 2.60. The Morgan fingerprint density at radius 2 is 2.07 bits per heavy atom. The first-order valence-corrected chi connectivity index (χ1v) is 6.07. The summed E-state index contributed by atoms with van der Waals surface area (Å²) >= 11 is 0. The molecule has 14 heavy (non-hydrogen) atoms. The molecule has 3 rings (SSSR count). The van der Waals surface area contributed by atoms with E-state index < -0.39 is 0 Å². The lowest BCUT2D eigenvalue weighted by Gasteiger charge is -2.39. The molecule has 2 heteroatoms. The minimum absolute atomic E-state index is 0.0830. The van der Waals surface area contributed by atoms with Crippen LogP contribution in [0.25, 0.3) is 0 Å². The molecule has 80 valence electrons.